The van der Waals surface area contributed by atoms with Gasteiger partial charge in [0, 0.05) is 10.7 Å². The second-order valence-corrected chi connectivity index (χ2v) is 5.17. The van der Waals surface area contributed by atoms with Gasteiger partial charge in [0.1, 0.15) is 0 Å². The smallest absolute Gasteiger partial charge is 0.207 e. The van der Waals surface area contributed by atoms with E-state index in [0.29, 0.717) is 5.56 Å². The van der Waals surface area contributed by atoms with Crippen LogP contribution in [0.4, 0.5) is 0 Å². The van der Waals surface area contributed by atoms with Crippen molar-refractivity contribution in [2.24, 2.45) is 0 Å². The van der Waals surface area contributed by atoms with E-state index < -0.39 is 9.05 Å². The number of hydrogen-bond acceptors (Lipinski definition) is 2. The molecule has 0 amide bonds. The summed E-state index contributed by atoms with van der Waals surface area (Å²) in [6, 6.07) is 5.03. The Kier molecular flexibility index (Phi) is 2.44. The lowest BCUT2D eigenvalue weighted by atomic mass is 10.1. The molecule has 12 heavy (non-hydrogen) atoms. The van der Waals surface area contributed by atoms with Crippen LogP contribution in [0, 0.1) is 13.8 Å². The van der Waals surface area contributed by atoms with Crippen LogP contribution >= 0.6 is 10.7 Å². The van der Waals surface area contributed by atoms with E-state index in [2.05, 4.69) is 0 Å². The zero-order valence-electron chi connectivity index (χ0n) is 6.83. The fourth-order valence-corrected chi connectivity index (χ4v) is 2.26. The Labute approximate surface area is 76.6 Å². The summed E-state index contributed by atoms with van der Waals surface area (Å²) in [4.78, 5) is 0.198. The second-order valence-electron chi connectivity index (χ2n) is 2.64. The van der Waals surface area contributed by atoms with Crippen molar-refractivity contribution in [3.05, 3.63) is 29.3 Å². The topological polar surface area (TPSA) is 34.1 Å². The first kappa shape index (κ1) is 9.55. The third-order valence-electron chi connectivity index (χ3n) is 1.82. The monoisotopic (exact) mass is 204 g/mol. The maximum absolute atomic E-state index is 11.0. The van der Waals surface area contributed by atoms with Gasteiger partial charge in [-0.15, -0.1) is 0 Å². The van der Waals surface area contributed by atoms with Crippen molar-refractivity contribution in [1.29, 1.82) is 0 Å². The first-order valence-electron chi connectivity index (χ1n) is 3.44. The lowest BCUT2D eigenvalue weighted by molar-refractivity contribution is 0.609. The molecule has 0 N–H and O–H groups in total. The molecule has 0 saturated heterocycles. The van der Waals surface area contributed by atoms with Crippen molar-refractivity contribution >= 4 is 19.7 Å². The van der Waals surface area contributed by atoms with Crippen molar-refractivity contribution < 1.29 is 8.42 Å². The maximum atomic E-state index is 11.0. The van der Waals surface area contributed by atoms with Gasteiger partial charge in [-0.05, 0) is 31.0 Å². The minimum absolute atomic E-state index is 0.198. The van der Waals surface area contributed by atoms with Gasteiger partial charge in [-0.1, -0.05) is 12.1 Å². The lowest BCUT2D eigenvalue weighted by Gasteiger charge is -2.03. The zero-order valence-corrected chi connectivity index (χ0v) is 8.41. The molecule has 0 aliphatic carbocycles. The van der Waals surface area contributed by atoms with E-state index in [1.54, 1.807) is 13.0 Å². The first-order valence-corrected chi connectivity index (χ1v) is 5.75. The van der Waals surface area contributed by atoms with Crippen LogP contribution < -0.4 is 0 Å². The number of aryl methyl sites for hydroxylation is 1. The first-order chi connectivity index (χ1) is 5.43. The van der Waals surface area contributed by atoms with Crippen LogP contribution in [0.2, 0.25) is 0 Å². The molecule has 0 atom stereocenters. The normalized spacial score (nSPS) is 11.6. The van der Waals surface area contributed by atoms with Crippen molar-refractivity contribution in [3.63, 3.8) is 0 Å². The molecular formula is C8H9ClO2S. The van der Waals surface area contributed by atoms with E-state index >= 15 is 0 Å². The highest BCUT2D eigenvalue weighted by Gasteiger charge is 2.13. The Morgan fingerprint density at radius 3 is 2.25 bits per heavy atom. The molecule has 0 aliphatic rings. The molecule has 2 nitrogen and oxygen atoms in total. The average molecular weight is 205 g/mol. The quantitative estimate of drug-likeness (QED) is 0.658. The summed E-state index contributed by atoms with van der Waals surface area (Å²) in [5.41, 5.74) is 1.64. The van der Waals surface area contributed by atoms with Gasteiger partial charge in [0.15, 0.2) is 0 Å². The average Bonchev–Trinajstić information content (AvgIpc) is 1.92. The van der Waals surface area contributed by atoms with Gasteiger partial charge in [-0.2, -0.15) is 0 Å². The third-order valence-corrected chi connectivity index (χ3v) is 3.28. The van der Waals surface area contributed by atoms with Gasteiger partial charge in [0.2, 0.25) is 0 Å². The molecule has 0 bridgehead atoms. The molecule has 0 heterocycles. The highest BCUT2D eigenvalue weighted by atomic mass is 35.7. The molecule has 1 aromatic carbocycles. The molecule has 0 radical (unpaired) electrons. The van der Waals surface area contributed by atoms with Crippen LogP contribution in [-0.2, 0) is 9.05 Å². The fraction of sp³-hybridized carbons (Fsp3) is 0.250. The third kappa shape index (κ3) is 1.79. The molecule has 66 valence electrons. The van der Waals surface area contributed by atoms with Gasteiger partial charge >= 0.3 is 0 Å². The molecule has 0 aliphatic heterocycles. The molecule has 0 saturated carbocycles. The number of rotatable bonds is 1. The molecular weight excluding hydrogens is 196 g/mol. The van der Waals surface area contributed by atoms with Crippen molar-refractivity contribution in [2.45, 2.75) is 18.7 Å². The molecule has 4 heteroatoms. The van der Waals surface area contributed by atoms with Crippen LogP contribution in [0.25, 0.3) is 0 Å². The summed E-state index contributed by atoms with van der Waals surface area (Å²) in [5, 5.41) is 0. The predicted octanol–water partition coefficient (Wildman–Crippen LogP) is 2.23. The van der Waals surface area contributed by atoms with E-state index in [0.717, 1.165) is 5.56 Å². The summed E-state index contributed by atoms with van der Waals surface area (Å²) >= 11 is 0. The minimum atomic E-state index is -3.58. The Bertz CT molecular complexity index is 396. The van der Waals surface area contributed by atoms with E-state index in [1.165, 1.54) is 6.07 Å². The van der Waals surface area contributed by atoms with Crippen LogP contribution in [-0.4, -0.2) is 8.42 Å². The zero-order chi connectivity index (χ0) is 9.35. The van der Waals surface area contributed by atoms with Crippen molar-refractivity contribution in [2.75, 3.05) is 0 Å². The number of benzene rings is 1. The lowest BCUT2D eigenvalue weighted by Crippen LogP contribution is -1.95. The van der Waals surface area contributed by atoms with E-state index in [9.17, 15) is 8.42 Å². The second kappa shape index (κ2) is 3.07. The van der Waals surface area contributed by atoms with Gasteiger partial charge in [0.25, 0.3) is 9.05 Å². The van der Waals surface area contributed by atoms with Crippen LogP contribution in [0.5, 0.6) is 0 Å². The van der Waals surface area contributed by atoms with E-state index in [1.807, 2.05) is 13.0 Å². The van der Waals surface area contributed by atoms with Gasteiger partial charge in [-0.3, -0.25) is 0 Å². The summed E-state index contributed by atoms with van der Waals surface area (Å²) in [6.07, 6.45) is 0. The standard InChI is InChI=1S/C8H9ClO2S/c1-6-4-3-5-8(7(6)2)12(9,10)11/h3-5H,1-2H3. The van der Waals surface area contributed by atoms with Gasteiger partial charge in [0.05, 0.1) is 4.90 Å². The Morgan fingerprint density at radius 1 is 1.25 bits per heavy atom. The Morgan fingerprint density at radius 2 is 1.83 bits per heavy atom. The van der Waals surface area contributed by atoms with Gasteiger partial charge in [-0.25, -0.2) is 8.42 Å². The van der Waals surface area contributed by atoms with Crippen molar-refractivity contribution in [1.82, 2.24) is 0 Å². The summed E-state index contributed by atoms with van der Waals surface area (Å²) < 4.78 is 21.9. The maximum Gasteiger partial charge on any atom is 0.261 e. The number of halogens is 1. The number of hydrogen-bond donors (Lipinski definition) is 0. The SMILES string of the molecule is Cc1cccc(S(=O)(=O)Cl)c1C. The molecule has 0 unspecified atom stereocenters. The van der Waals surface area contributed by atoms with Crippen LogP contribution in [0.15, 0.2) is 23.1 Å². The highest BCUT2D eigenvalue weighted by Crippen LogP contribution is 2.21. The molecule has 0 aromatic heterocycles. The van der Waals surface area contributed by atoms with Gasteiger partial charge < -0.3 is 0 Å². The molecule has 0 fully saturated rings. The molecule has 1 rings (SSSR count). The van der Waals surface area contributed by atoms with Crippen molar-refractivity contribution in [3.8, 4) is 0 Å². The van der Waals surface area contributed by atoms with E-state index in [-0.39, 0.29) is 4.90 Å². The summed E-state index contributed by atoms with van der Waals surface area (Å²) in [6.45, 7) is 3.59. The Hall–Kier alpha value is -0.540. The summed E-state index contributed by atoms with van der Waals surface area (Å²) in [5.74, 6) is 0. The predicted molar refractivity (Wildman–Crippen MR) is 49.0 cm³/mol. The minimum Gasteiger partial charge on any atom is -0.207 e. The largest absolute Gasteiger partial charge is 0.261 e. The fourth-order valence-electron chi connectivity index (χ4n) is 0.988. The Balaban J connectivity index is 3.47. The molecule has 0 spiro atoms. The highest BCUT2D eigenvalue weighted by molar-refractivity contribution is 8.13. The summed E-state index contributed by atoms with van der Waals surface area (Å²) in [7, 11) is 1.62. The van der Waals surface area contributed by atoms with Crippen LogP contribution in [0.3, 0.4) is 0 Å². The van der Waals surface area contributed by atoms with E-state index in [4.69, 9.17) is 10.7 Å². The van der Waals surface area contributed by atoms with Crippen LogP contribution in [0.1, 0.15) is 11.1 Å². The molecule has 1 aromatic rings.